The number of carbonyl (C=O) groups is 2. The highest BCUT2D eigenvalue weighted by Crippen LogP contribution is 2.36. The summed E-state index contributed by atoms with van der Waals surface area (Å²) in [5.41, 5.74) is -0.629. The predicted octanol–water partition coefficient (Wildman–Crippen LogP) is 8.91. The van der Waals surface area contributed by atoms with Gasteiger partial charge in [-0.1, -0.05) is 79.7 Å². The van der Waals surface area contributed by atoms with E-state index in [1.54, 1.807) is 0 Å². The second kappa shape index (κ2) is 27.1. The van der Waals surface area contributed by atoms with E-state index in [-0.39, 0.29) is 30.1 Å². The first-order valence-electron chi connectivity index (χ1n) is 22.2. The number of hydrogen-bond donors (Lipinski definition) is 2. The quantitative estimate of drug-likeness (QED) is 0.0300. The van der Waals surface area contributed by atoms with Gasteiger partial charge in [-0.05, 0) is 95.0 Å². The molecule has 10 atom stereocenters. The van der Waals surface area contributed by atoms with E-state index in [1.165, 1.54) is 6.92 Å². The maximum atomic E-state index is 14.0. The molecule has 0 aromatic rings. The van der Waals surface area contributed by atoms with Crippen LogP contribution in [0.5, 0.6) is 0 Å². The van der Waals surface area contributed by atoms with Crippen LogP contribution in [0.25, 0.3) is 0 Å². The summed E-state index contributed by atoms with van der Waals surface area (Å²) in [6.07, 6.45) is 8.50. The fourth-order valence-corrected chi connectivity index (χ4v) is 11.5. The van der Waals surface area contributed by atoms with Crippen LogP contribution in [0.15, 0.2) is 36.0 Å². The lowest BCUT2D eigenvalue weighted by Gasteiger charge is -2.40. The zero-order valence-corrected chi connectivity index (χ0v) is 39.8. The molecule has 0 aromatic heterocycles. The summed E-state index contributed by atoms with van der Waals surface area (Å²) >= 11 is 0. The zero-order chi connectivity index (χ0) is 44.1. The number of aliphatic hydroxyl groups excluding tert-OH is 2. The van der Waals surface area contributed by atoms with Gasteiger partial charge in [-0.15, -0.1) is 0 Å². The zero-order valence-electron chi connectivity index (χ0n) is 38.8. The van der Waals surface area contributed by atoms with Gasteiger partial charge in [0.1, 0.15) is 17.8 Å². The SMILES string of the molecule is CCOCCOC(C)(/C=C/C=C(\C)C1OC(=O)CC(O[Si](CC)(CC)C(C)C)CCC(C)(OCCOCC)C(OC(C)=O)/C=C/C1C)CC(O)C(C)C(C)C(O)CC. The average Bonchev–Trinajstić information content (AvgIpc) is 3.18. The van der Waals surface area contributed by atoms with Crippen LogP contribution in [0.3, 0.4) is 0 Å². The van der Waals surface area contributed by atoms with Crippen molar-refractivity contribution in [2.24, 2.45) is 17.8 Å². The van der Waals surface area contributed by atoms with Gasteiger partial charge >= 0.3 is 11.9 Å². The van der Waals surface area contributed by atoms with Gasteiger partial charge in [-0.2, -0.15) is 0 Å². The number of aliphatic hydroxyl groups is 2. The maximum Gasteiger partial charge on any atom is 0.308 e. The van der Waals surface area contributed by atoms with Gasteiger partial charge in [0.05, 0.1) is 56.8 Å². The van der Waals surface area contributed by atoms with E-state index < -0.39 is 56.0 Å². The topological polar surface area (TPSA) is 139 Å². The van der Waals surface area contributed by atoms with Crippen molar-refractivity contribution in [3.8, 4) is 0 Å². The first-order chi connectivity index (χ1) is 27.3. The highest BCUT2D eigenvalue weighted by Gasteiger charge is 2.42. The Hall–Kier alpha value is -1.90. The molecule has 0 bridgehead atoms. The van der Waals surface area contributed by atoms with Gasteiger partial charge in [0.25, 0.3) is 0 Å². The van der Waals surface area contributed by atoms with E-state index in [0.717, 1.165) is 17.7 Å². The van der Waals surface area contributed by atoms with Crippen molar-refractivity contribution in [2.45, 2.75) is 188 Å². The molecule has 10 unspecified atom stereocenters. The van der Waals surface area contributed by atoms with Gasteiger partial charge in [0, 0.05) is 32.5 Å². The lowest BCUT2D eigenvalue weighted by molar-refractivity contribution is -0.166. The molecule has 11 nitrogen and oxygen atoms in total. The van der Waals surface area contributed by atoms with Crippen LogP contribution < -0.4 is 0 Å². The molecular formula is C46H84O11Si. The number of ether oxygens (including phenoxy) is 6. The lowest BCUT2D eigenvalue weighted by Crippen LogP contribution is -2.47. The molecular weight excluding hydrogens is 757 g/mol. The number of carbonyl (C=O) groups excluding carboxylic acids is 2. The van der Waals surface area contributed by atoms with E-state index in [1.807, 2.05) is 92.7 Å². The number of allylic oxidation sites excluding steroid dienone is 2. The third-order valence-electron chi connectivity index (χ3n) is 12.3. The maximum absolute atomic E-state index is 14.0. The summed E-state index contributed by atoms with van der Waals surface area (Å²) in [7, 11) is -2.23. The molecule has 0 saturated carbocycles. The fraction of sp³-hybridized carbons (Fsp3) is 0.826. The minimum Gasteiger partial charge on any atom is -0.457 e. The highest BCUT2D eigenvalue weighted by molar-refractivity contribution is 6.75. The molecule has 338 valence electrons. The minimum atomic E-state index is -2.23. The Morgan fingerprint density at radius 3 is 2.12 bits per heavy atom. The average molecular weight is 841 g/mol. The van der Waals surface area contributed by atoms with Gasteiger partial charge in [-0.3, -0.25) is 9.59 Å². The van der Waals surface area contributed by atoms with Gasteiger partial charge in [0.15, 0.2) is 8.32 Å². The summed E-state index contributed by atoms with van der Waals surface area (Å²) in [5.74, 6) is -1.33. The molecule has 2 N–H and O–H groups in total. The molecule has 0 radical (unpaired) electrons. The Kier molecular flexibility index (Phi) is 25.3. The number of esters is 2. The Morgan fingerprint density at radius 2 is 1.57 bits per heavy atom. The standard InChI is InChI=1S/C46H84O11Si/c1-15-40(48)36(10)37(11)41(49)32-45(13,53-29-27-51-16-2)25-20-21-34(8)44-35(9)22-23-42(55-38(12)47)46(14,54-30-28-52-17-3)26-24-39(31-43(50)56-44)57-58(18-4,19-5)33(6)7/h20-23,25,33,35-37,39-42,44,48-49H,15-19,24,26-32H2,1-14H3/b23-22+,25-20+,34-21+. The van der Waals surface area contributed by atoms with Crippen LogP contribution in [0.1, 0.15) is 129 Å². The summed E-state index contributed by atoms with van der Waals surface area (Å²) in [6, 6.07) is 1.84. The Bertz CT molecular complexity index is 1270. The monoisotopic (exact) mass is 841 g/mol. The molecule has 1 aliphatic heterocycles. The summed E-state index contributed by atoms with van der Waals surface area (Å²) < 4.78 is 43.4. The van der Waals surface area contributed by atoms with Gasteiger partial charge < -0.3 is 43.1 Å². The van der Waals surface area contributed by atoms with Crippen molar-refractivity contribution >= 4 is 20.3 Å². The van der Waals surface area contributed by atoms with Crippen molar-refractivity contribution < 1.29 is 52.6 Å². The molecule has 1 heterocycles. The van der Waals surface area contributed by atoms with E-state index in [0.29, 0.717) is 70.9 Å². The van der Waals surface area contributed by atoms with Crippen LogP contribution >= 0.6 is 0 Å². The van der Waals surface area contributed by atoms with Gasteiger partial charge in [-0.25, -0.2) is 0 Å². The normalized spacial score (nSPS) is 26.6. The molecule has 0 spiro atoms. The molecule has 0 fully saturated rings. The molecule has 0 aromatic carbocycles. The predicted molar refractivity (Wildman–Crippen MR) is 234 cm³/mol. The van der Waals surface area contributed by atoms with Crippen LogP contribution in [0.4, 0.5) is 0 Å². The van der Waals surface area contributed by atoms with Crippen molar-refractivity contribution in [3.63, 3.8) is 0 Å². The van der Waals surface area contributed by atoms with Crippen LogP contribution in [-0.4, -0.2) is 112 Å². The fourth-order valence-electron chi connectivity index (χ4n) is 7.87. The van der Waals surface area contributed by atoms with Crippen LogP contribution in [0, 0.1) is 17.8 Å². The molecule has 1 aliphatic rings. The smallest absolute Gasteiger partial charge is 0.308 e. The van der Waals surface area contributed by atoms with Crippen molar-refractivity contribution in [1.82, 2.24) is 0 Å². The Labute approximate surface area is 353 Å². The number of cyclic esters (lactones) is 1. The first-order valence-corrected chi connectivity index (χ1v) is 24.6. The first kappa shape index (κ1) is 54.1. The summed E-state index contributed by atoms with van der Waals surface area (Å²) in [5, 5.41) is 21.8. The van der Waals surface area contributed by atoms with E-state index in [4.69, 9.17) is 32.8 Å². The van der Waals surface area contributed by atoms with Crippen LogP contribution in [0.2, 0.25) is 17.6 Å². The minimum absolute atomic E-state index is 0.0811. The highest BCUT2D eigenvalue weighted by atomic mass is 28.4. The van der Waals surface area contributed by atoms with Crippen molar-refractivity contribution in [2.75, 3.05) is 39.6 Å². The molecule has 0 saturated heterocycles. The molecule has 0 aliphatic carbocycles. The summed E-state index contributed by atoms with van der Waals surface area (Å²) in [6.45, 7) is 30.3. The van der Waals surface area contributed by atoms with E-state index >= 15 is 0 Å². The number of hydrogen-bond acceptors (Lipinski definition) is 11. The Morgan fingerprint density at radius 1 is 0.966 bits per heavy atom. The molecule has 58 heavy (non-hydrogen) atoms. The second-order valence-corrected chi connectivity index (χ2v) is 22.0. The number of rotatable bonds is 25. The molecule has 1 rings (SSSR count). The Balaban J connectivity index is 3.72. The summed E-state index contributed by atoms with van der Waals surface area (Å²) in [4.78, 5) is 26.5. The largest absolute Gasteiger partial charge is 0.457 e. The third-order valence-corrected chi connectivity index (χ3v) is 17.6. The van der Waals surface area contributed by atoms with Crippen LogP contribution in [-0.2, 0) is 42.4 Å². The molecule has 0 amide bonds. The lowest BCUT2D eigenvalue weighted by atomic mass is 9.81. The van der Waals surface area contributed by atoms with Crippen molar-refractivity contribution in [1.29, 1.82) is 0 Å². The molecule has 12 heteroatoms. The van der Waals surface area contributed by atoms with Gasteiger partial charge in [0.2, 0.25) is 0 Å². The van der Waals surface area contributed by atoms with E-state index in [2.05, 4.69) is 27.7 Å². The van der Waals surface area contributed by atoms with E-state index in [9.17, 15) is 19.8 Å². The second-order valence-electron chi connectivity index (χ2n) is 17.0. The third kappa shape index (κ3) is 18.0. The van der Waals surface area contributed by atoms with Crippen molar-refractivity contribution in [3.05, 3.63) is 36.0 Å².